The number of ether oxygens (including phenoxy) is 1. The number of hydrogen-bond acceptors (Lipinski definition) is 3. The van der Waals surface area contributed by atoms with E-state index in [1.807, 2.05) is 36.4 Å². The topological polar surface area (TPSA) is 43.4 Å². The fraction of sp³-hybridized carbons (Fsp3) is 0.250. The summed E-state index contributed by atoms with van der Waals surface area (Å²) in [5.74, 6) is -0.408. The fourth-order valence-electron chi connectivity index (χ4n) is 1.44. The number of rotatable bonds is 7. The SMILES string of the molecule is CCOC(=O)CCC(=O)C=CC=Cc1ccccc1. The van der Waals surface area contributed by atoms with Gasteiger partial charge in [0.05, 0.1) is 13.0 Å². The molecule has 0 unspecified atom stereocenters. The van der Waals surface area contributed by atoms with E-state index < -0.39 is 0 Å². The Morgan fingerprint density at radius 1 is 1.11 bits per heavy atom. The summed E-state index contributed by atoms with van der Waals surface area (Å²) in [6.45, 7) is 2.09. The Morgan fingerprint density at radius 2 is 1.84 bits per heavy atom. The molecule has 1 aromatic carbocycles. The van der Waals surface area contributed by atoms with Crippen LogP contribution in [0.1, 0.15) is 25.3 Å². The average Bonchev–Trinajstić information content (AvgIpc) is 2.43. The molecule has 19 heavy (non-hydrogen) atoms. The smallest absolute Gasteiger partial charge is 0.306 e. The van der Waals surface area contributed by atoms with E-state index in [0.29, 0.717) is 6.61 Å². The number of allylic oxidation sites excluding steroid dienone is 3. The fourth-order valence-corrected chi connectivity index (χ4v) is 1.44. The van der Waals surface area contributed by atoms with Gasteiger partial charge in [-0.15, -0.1) is 0 Å². The number of hydrogen-bond donors (Lipinski definition) is 0. The first-order chi connectivity index (χ1) is 9.22. The monoisotopic (exact) mass is 258 g/mol. The summed E-state index contributed by atoms with van der Waals surface area (Å²) in [6.07, 6.45) is 7.19. The standard InChI is InChI=1S/C16H18O3/c1-2-19-16(18)13-12-15(17)11-7-6-10-14-8-4-3-5-9-14/h3-11H,2,12-13H2,1H3. The third kappa shape index (κ3) is 6.99. The van der Waals surface area contributed by atoms with Gasteiger partial charge >= 0.3 is 5.97 Å². The molecule has 0 aliphatic rings. The number of benzene rings is 1. The van der Waals surface area contributed by atoms with E-state index in [0.717, 1.165) is 5.56 Å². The Kier molecular flexibility index (Phi) is 6.95. The van der Waals surface area contributed by atoms with E-state index in [-0.39, 0.29) is 24.6 Å². The molecule has 0 N–H and O–H groups in total. The molecule has 1 aromatic rings. The quantitative estimate of drug-likeness (QED) is 0.428. The minimum absolute atomic E-state index is 0.0780. The molecular formula is C16H18O3. The van der Waals surface area contributed by atoms with Crippen molar-refractivity contribution in [1.29, 1.82) is 0 Å². The molecule has 0 saturated heterocycles. The predicted octanol–water partition coefficient (Wildman–Crippen LogP) is 3.17. The van der Waals surface area contributed by atoms with Crippen molar-refractivity contribution in [1.82, 2.24) is 0 Å². The molecule has 0 aromatic heterocycles. The van der Waals surface area contributed by atoms with Crippen LogP contribution >= 0.6 is 0 Å². The first kappa shape index (κ1) is 14.9. The van der Waals surface area contributed by atoms with Crippen LogP contribution in [0.5, 0.6) is 0 Å². The molecule has 3 nitrogen and oxygen atoms in total. The van der Waals surface area contributed by atoms with Gasteiger partial charge in [0.2, 0.25) is 0 Å². The number of esters is 1. The second kappa shape index (κ2) is 8.86. The van der Waals surface area contributed by atoms with Crippen LogP contribution in [0, 0.1) is 0 Å². The lowest BCUT2D eigenvalue weighted by atomic mass is 10.2. The molecule has 0 amide bonds. The van der Waals surface area contributed by atoms with Crippen molar-refractivity contribution < 1.29 is 14.3 Å². The highest BCUT2D eigenvalue weighted by Crippen LogP contribution is 2.01. The second-order valence-corrected chi connectivity index (χ2v) is 3.90. The third-order valence-electron chi connectivity index (χ3n) is 2.36. The molecule has 3 heteroatoms. The van der Waals surface area contributed by atoms with Gasteiger partial charge in [-0.1, -0.05) is 48.6 Å². The molecule has 0 bridgehead atoms. The van der Waals surface area contributed by atoms with E-state index in [4.69, 9.17) is 4.74 Å². The van der Waals surface area contributed by atoms with Gasteiger partial charge in [-0.3, -0.25) is 9.59 Å². The van der Waals surface area contributed by atoms with Crippen LogP contribution < -0.4 is 0 Å². The molecule has 0 radical (unpaired) electrons. The summed E-state index contributed by atoms with van der Waals surface area (Å²) in [4.78, 5) is 22.5. The maximum Gasteiger partial charge on any atom is 0.306 e. The van der Waals surface area contributed by atoms with Crippen molar-refractivity contribution in [3.8, 4) is 0 Å². The first-order valence-electron chi connectivity index (χ1n) is 6.30. The van der Waals surface area contributed by atoms with Gasteiger partial charge in [-0.05, 0) is 18.6 Å². The molecule has 1 rings (SSSR count). The molecule has 0 aliphatic carbocycles. The van der Waals surface area contributed by atoms with Crippen LogP contribution in [0.2, 0.25) is 0 Å². The van der Waals surface area contributed by atoms with Crippen LogP contribution in [0.15, 0.2) is 48.6 Å². The zero-order valence-corrected chi connectivity index (χ0v) is 11.0. The lowest BCUT2D eigenvalue weighted by Gasteiger charge is -1.98. The van der Waals surface area contributed by atoms with Gasteiger partial charge in [0, 0.05) is 6.42 Å². The van der Waals surface area contributed by atoms with Crippen molar-refractivity contribution in [2.75, 3.05) is 6.61 Å². The molecule has 100 valence electrons. The first-order valence-corrected chi connectivity index (χ1v) is 6.30. The molecule has 0 spiro atoms. The van der Waals surface area contributed by atoms with Crippen molar-refractivity contribution in [3.63, 3.8) is 0 Å². The van der Waals surface area contributed by atoms with Crippen LogP contribution in [0.3, 0.4) is 0 Å². The van der Waals surface area contributed by atoms with Crippen LogP contribution in [0.4, 0.5) is 0 Å². The van der Waals surface area contributed by atoms with Crippen LogP contribution in [0.25, 0.3) is 6.08 Å². The molecule has 0 fully saturated rings. The molecule has 0 aliphatic heterocycles. The van der Waals surface area contributed by atoms with E-state index in [1.54, 1.807) is 19.1 Å². The summed E-state index contributed by atoms with van der Waals surface area (Å²) >= 11 is 0. The largest absolute Gasteiger partial charge is 0.466 e. The molecule has 0 saturated carbocycles. The summed E-state index contributed by atoms with van der Waals surface area (Å²) in [7, 11) is 0. The van der Waals surface area contributed by atoms with Crippen molar-refractivity contribution in [2.24, 2.45) is 0 Å². The zero-order chi connectivity index (χ0) is 13.9. The van der Waals surface area contributed by atoms with Gasteiger partial charge in [-0.25, -0.2) is 0 Å². The van der Waals surface area contributed by atoms with Gasteiger partial charge in [-0.2, -0.15) is 0 Å². The predicted molar refractivity (Wildman–Crippen MR) is 75.5 cm³/mol. The molecule has 0 atom stereocenters. The normalized spacial score (nSPS) is 11.0. The van der Waals surface area contributed by atoms with Gasteiger partial charge < -0.3 is 4.74 Å². The van der Waals surface area contributed by atoms with Crippen molar-refractivity contribution in [2.45, 2.75) is 19.8 Å². The lowest BCUT2D eigenvalue weighted by Crippen LogP contribution is -2.06. The Labute approximate surface area is 113 Å². The highest BCUT2D eigenvalue weighted by molar-refractivity contribution is 5.92. The molecular weight excluding hydrogens is 240 g/mol. The number of carbonyl (C=O) groups is 2. The highest BCUT2D eigenvalue weighted by atomic mass is 16.5. The zero-order valence-electron chi connectivity index (χ0n) is 11.0. The minimum atomic E-state index is -0.330. The number of carbonyl (C=O) groups excluding carboxylic acids is 2. The Bertz CT molecular complexity index is 458. The summed E-state index contributed by atoms with van der Waals surface area (Å²) in [6, 6.07) is 9.81. The van der Waals surface area contributed by atoms with Crippen molar-refractivity contribution in [3.05, 3.63) is 54.1 Å². The minimum Gasteiger partial charge on any atom is -0.466 e. The van der Waals surface area contributed by atoms with E-state index in [1.165, 1.54) is 6.08 Å². The molecule has 0 heterocycles. The lowest BCUT2D eigenvalue weighted by molar-refractivity contribution is -0.144. The third-order valence-corrected chi connectivity index (χ3v) is 2.36. The Balaban J connectivity index is 2.30. The summed E-state index contributed by atoms with van der Waals surface area (Å²) in [5, 5.41) is 0. The summed E-state index contributed by atoms with van der Waals surface area (Å²) < 4.78 is 4.75. The van der Waals surface area contributed by atoms with E-state index >= 15 is 0 Å². The number of ketones is 1. The maximum absolute atomic E-state index is 11.4. The van der Waals surface area contributed by atoms with Crippen LogP contribution in [-0.2, 0) is 14.3 Å². The maximum atomic E-state index is 11.4. The summed E-state index contributed by atoms with van der Waals surface area (Å²) in [5.41, 5.74) is 1.08. The highest BCUT2D eigenvalue weighted by Gasteiger charge is 2.04. The Hall–Kier alpha value is -2.16. The van der Waals surface area contributed by atoms with E-state index in [9.17, 15) is 9.59 Å². The van der Waals surface area contributed by atoms with Crippen LogP contribution in [-0.4, -0.2) is 18.4 Å². The van der Waals surface area contributed by atoms with Crippen molar-refractivity contribution >= 4 is 17.8 Å². The van der Waals surface area contributed by atoms with Gasteiger partial charge in [0.15, 0.2) is 5.78 Å². The Morgan fingerprint density at radius 3 is 2.53 bits per heavy atom. The van der Waals surface area contributed by atoms with E-state index in [2.05, 4.69) is 0 Å². The average molecular weight is 258 g/mol. The second-order valence-electron chi connectivity index (χ2n) is 3.90. The van der Waals surface area contributed by atoms with Gasteiger partial charge in [0.25, 0.3) is 0 Å². The van der Waals surface area contributed by atoms with Gasteiger partial charge in [0.1, 0.15) is 0 Å².